The summed E-state index contributed by atoms with van der Waals surface area (Å²) in [4.78, 5) is 30.0. The van der Waals surface area contributed by atoms with E-state index in [1.807, 2.05) is 43.3 Å². The van der Waals surface area contributed by atoms with Crippen molar-refractivity contribution < 1.29 is 14.3 Å². The van der Waals surface area contributed by atoms with Crippen LogP contribution in [0.2, 0.25) is 0 Å². The number of imidazole rings is 1. The zero-order valence-corrected chi connectivity index (χ0v) is 15.1. The summed E-state index contributed by atoms with van der Waals surface area (Å²) in [6.07, 6.45) is 0.169. The first-order chi connectivity index (χ1) is 12.5. The summed E-state index contributed by atoms with van der Waals surface area (Å²) in [5, 5.41) is 0. The van der Waals surface area contributed by atoms with Gasteiger partial charge in [-0.15, -0.1) is 0 Å². The van der Waals surface area contributed by atoms with Crippen LogP contribution in [-0.2, 0) is 9.53 Å². The first-order valence-electron chi connectivity index (χ1n) is 8.38. The molecule has 0 atom stereocenters. The van der Waals surface area contributed by atoms with Crippen LogP contribution in [0.5, 0.6) is 0 Å². The average Bonchev–Trinajstić information content (AvgIpc) is 3.00. The van der Waals surface area contributed by atoms with Crippen molar-refractivity contribution in [3.8, 4) is 5.69 Å². The predicted molar refractivity (Wildman–Crippen MR) is 99.4 cm³/mol. The van der Waals surface area contributed by atoms with Crippen molar-refractivity contribution in [2.45, 2.75) is 13.3 Å². The summed E-state index contributed by atoms with van der Waals surface area (Å²) < 4.78 is 6.67. The molecule has 0 aliphatic heterocycles. The third kappa shape index (κ3) is 3.44. The second-order valence-electron chi connectivity index (χ2n) is 6.09. The van der Waals surface area contributed by atoms with Gasteiger partial charge in [0.15, 0.2) is 0 Å². The van der Waals surface area contributed by atoms with E-state index < -0.39 is 0 Å². The molecule has 0 spiro atoms. The van der Waals surface area contributed by atoms with Crippen LogP contribution in [0.3, 0.4) is 0 Å². The lowest BCUT2D eigenvalue weighted by atomic mass is 10.1. The number of esters is 1. The minimum Gasteiger partial charge on any atom is -0.469 e. The van der Waals surface area contributed by atoms with Gasteiger partial charge < -0.3 is 9.64 Å². The number of fused-ring (bicyclic) bond motifs is 1. The van der Waals surface area contributed by atoms with Gasteiger partial charge in [-0.3, -0.25) is 14.2 Å². The number of benzene rings is 2. The number of aryl methyl sites for hydroxylation is 1. The van der Waals surface area contributed by atoms with Crippen LogP contribution in [0.25, 0.3) is 16.7 Å². The van der Waals surface area contributed by atoms with Crippen LogP contribution in [0.15, 0.2) is 48.5 Å². The van der Waals surface area contributed by atoms with Gasteiger partial charge >= 0.3 is 5.97 Å². The Morgan fingerprint density at radius 1 is 1.15 bits per heavy atom. The van der Waals surface area contributed by atoms with E-state index in [2.05, 4.69) is 14.3 Å². The molecule has 134 valence electrons. The van der Waals surface area contributed by atoms with Gasteiger partial charge in [-0.1, -0.05) is 18.2 Å². The molecular formula is C20H21N3O3. The molecule has 1 aromatic heterocycles. The first-order valence-corrected chi connectivity index (χ1v) is 8.38. The molecule has 1 heterocycles. The molecule has 26 heavy (non-hydrogen) atoms. The Hall–Kier alpha value is -3.15. The Bertz CT molecular complexity index is 948. The Kier molecular flexibility index (Phi) is 5.02. The molecule has 3 aromatic rings. The molecule has 0 N–H and O–H groups in total. The van der Waals surface area contributed by atoms with Crippen LogP contribution in [-0.4, -0.2) is 47.0 Å². The summed E-state index contributed by atoms with van der Waals surface area (Å²) in [6.45, 7) is 2.25. The smallest absolute Gasteiger partial charge is 0.307 e. The van der Waals surface area contributed by atoms with Crippen molar-refractivity contribution in [1.29, 1.82) is 0 Å². The van der Waals surface area contributed by atoms with Gasteiger partial charge in [0.05, 0.1) is 24.6 Å². The largest absolute Gasteiger partial charge is 0.469 e. The van der Waals surface area contributed by atoms with Gasteiger partial charge in [-0.05, 0) is 37.3 Å². The lowest BCUT2D eigenvalue weighted by Gasteiger charge is -2.16. The van der Waals surface area contributed by atoms with Gasteiger partial charge in [0.2, 0.25) is 0 Å². The number of hydrogen-bond donors (Lipinski definition) is 0. The van der Waals surface area contributed by atoms with Crippen molar-refractivity contribution in [2.75, 3.05) is 20.7 Å². The highest BCUT2D eigenvalue weighted by Crippen LogP contribution is 2.22. The second kappa shape index (κ2) is 7.39. The molecule has 1 amide bonds. The molecule has 0 fully saturated rings. The van der Waals surface area contributed by atoms with Crippen LogP contribution in [0, 0.1) is 6.92 Å². The van der Waals surface area contributed by atoms with E-state index in [1.54, 1.807) is 19.2 Å². The van der Waals surface area contributed by atoms with E-state index in [0.29, 0.717) is 12.1 Å². The average molecular weight is 351 g/mol. The molecule has 2 aromatic carbocycles. The van der Waals surface area contributed by atoms with Crippen LogP contribution >= 0.6 is 0 Å². The lowest BCUT2D eigenvalue weighted by molar-refractivity contribution is -0.140. The van der Waals surface area contributed by atoms with Gasteiger partial charge in [0.1, 0.15) is 5.82 Å². The Morgan fingerprint density at radius 2 is 1.88 bits per heavy atom. The number of para-hydroxylation sites is 1. The maximum absolute atomic E-state index is 12.6. The van der Waals surface area contributed by atoms with Gasteiger partial charge in [0.25, 0.3) is 5.91 Å². The second-order valence-corrected chi connectivity index (χ2v) is 6.09. The lowest BCUT2D eigenvalue weighted by Crippen LogP contribution is -2.29. The van der Waals surface area contributed by atoms with Crippen molar-refractivity contribution in [2.24, 2.45) is 0 Å². The molecule has 0 saturated carbocycles. The quantitative estimate of drug-likeness (QED) is 0.663. The summed E-state index contributed by atoms with van der Waals surface area (Å²) in [5.74, 6) is 0.370. The minimum absolute atomic E-state index is 0.150. The predicted octanol–water partition coefficient (Wildman–Crippen LogP) is 2.97. The zero-order chi connectivity index (χ0) is 18.7. The van der Waals surface area contributed by atoms with Crippen LogP contribution < -0.4 is 0 Å². The van der Waals surface area contributed by atoms with Crippen molar-refractivity contribution in [3.63, 3.8) is 0 Å². The molecule has 0 saturated heterocycles. The van der Waals surface area contributed by atoms with Gasteiger partial charge in [-0.25, -0.2) is 4.98 Å². The zero-order valence-electron chi connectivity index (χ0n) is 15.1. The molecule has 0 unspecified atom stereocenters. The molecular weight excluding hydrogens is 330 g/mol. The monoisotopic (exact) mass is 351 g/mol. The van der Waals surface area contributed by atoms with Crippen molar-refractivity contribution >= 4 is 22.9 Å². The Balaban J connectivity index is 1.88. The summed E-state index contributed by atoms with van der Waals surface area (Å²) in [6, 6.07) is 15.5. The standard InChI is InChI=1S/C20H21N3O3/c1-14-21-17-13-15(20(25)22(2)12-11-19(24)26-3)9-10-18(17)23(14)16-7-5-4-6-8-16/h4-10,13H,11-12H2,1-3H3. The number of aromatic nitrogens is 2. The van der Waals surface area contributed by atoms with E-state index >= 15 is 0 Å². The van der Waals surface area contributed by atoms with Crippen molar-refractivity contribution in [3.05, 3.63) is 59.9 Å². The fourth-order valence-corrected chi connectivity index (χ4v) is 2.92. The van der Waals surface area contributed by atoms with Gasteiger partial charge in [0, 0.05) is 24.8 Å². The molecule has 0 radical (unpaired) electrons. The molecule has 6 nitrogen and oxygen atoms in total. The summed E-state index contributed by atoms with van der Waals surface area (Å²) in [7, 11) is 3.01. The molecule has 6 heteroatoms. The van der Waals surface area contributed by atoms with E-state index in [1.165, 1.54) is 12.0 Å². The van der Waals surface area contributed by atoms with E-state index in [4.69, 9.17) is 0 Å². The van der Waals surface area contributed by atoms with Crippen LogP contribution in [0.4, 0.5) is 0 Å². The molecule has 0 aliphatic carbocycles. The number of carbonyl (C=O) groups excluding carboxylic acids is 2. The number of hydrogen-bond acceptors (Lipinski definition) is 4. The van der Waals surface area contributed by atoms with E-state index in [0.717, 1.165) is 22.5 Å². The third-order valence-corrected chi connectivity index (χ3v) is 4.31. The fraction of sp³-hybridized carbons (Fsp3) is 0.250. The van der Waals surface area contributed by atoms with Crippen LogP contribution in [0.1, 0.15) is 22.6 Å². The van der Waals surface area contributed by atoms with Gasteiger partial charge in [-0.2, -0.15) is 0 Å². The number of carbonyl (C=O) groups is 2. The topological polar surface area (TPSA) is 64.4 Å². The maximum atomic E-state index is 12.6. The third-order valence-electron chi connectivity index (χ3n) is 4.31. The van der Waals surface area contributed by atoms with E-state index in [-0.39, 0.29) is 18.3 Å². The highest BCUT2D eigenvalue weighted by Gasteiger charge is 2.16. The number of methoxy groups -OCH3 is 1. The highest BCUT2D eigenvalue weighted by molar-refractivity contribution is 5.97. The van der Waals surface area contributed by atoms with Crippen molar-refractivity contribution in [1.82, 2.24) is 14.5 Å². The first kappa shape index (κ1) is 17.7. The molecule has 3 rings (SSSR count). The number of ether oxygens (including phenoxy) is 1. The Labute approximate surface area is 152 Å². The number of rotatable bonds is 5. The fourth-order valence-electron chi connectivity index (χ4n) is 2.92. The minimum atomic E-state index is -0.336. The normalized spacial score (nSPS) is 10.7. The summed E-state index contributed by atoms with van der Waals surface area (Å²) in [5.41, 5.74) is 3.28. The Morgan fingerprint density at radius 3 is 2.58 bits per heavy atom. The SMILES string of the molecule is COC(=O)CCN(C)C(=O)c1ccc2c(c1)nc(C)n2-c1ccccc1. The maximum Gasteiger partial charge on any atom is 0.307 e. The highest BCUT2D eigenvalue weighted by atomic mass is 16.5. The number of nitrogens with zero attached hydrogens (tertiary/aromatic N) is 3. The van der Waals surface area contributed by atoms with E-state index in [9.17, 15) is 9.59 Å². The summed E-state index contributed by atoms with van der Waals surface area (Å²) >= 11 is 0. The number of amides is 1. The molecule has 0 bridgehead atoms. The molecule has 0 aliphatic rings.